The van der Waals surface area contributed by atoms with Crippen molar-refractivity contribution in [1.82, 2.24) is 0 Å². The fraction of sp³-hybridized carbons (Fsp3) is 0.900. The van der Waals surface area contributed by atoms with E-state index in [4.69, 9.17) is 4.84 Å². The van der Waals surface area contributed by atoms with E-state index in [0.29, 0.717) is 6.10 Å². The first-order chi connectivity index (χ1) is 5.58. The van der Waals surface area contributed by atoms with Crippen LogP contribution in [0.25, 0.3) is 0 Å². The van der Waals surface area contributed by atoms with Gasteiger partial charge in [-0.05, 0) is 25.7 Å². The number of hydrogen-bond acceptors (Lipinski definition) is 2. The van der Waals surface area contributed by atoms with Crippen LogP contribution in [0.15, 0.2) is 5.16 Å². The van der Waals surface area contributed by atoms with E-state index in [1.54, 1.807) is 0 Å². The quantitative estimate of drug-likeness (QED) is 0.460. The van der Waals surface area contributed by atoms with E-state index in [9.17, 15) is 0 Å². The molecule has 0 bridgehead atoms. The maximum Gasteiger partial charge on any atom is 0.127 e. The molecule has 70 valence electrons. The first kappa shape index (κ1) is 9.56. The van der Waals surface area contributed by atoms with Crippen LogP contribution in [0.5, 0.6) is 0 Å². The molecule has 1 saturated carbocycles. The third kappa shape index (κ3) is 3.74. The summed E-state index contributed by atoms with van der Waals surface area (Å²) in [6.45, 7) is 6.36. The van der Waals surface area contributed by atoms with Crippen molar-refractivity contribution in [3.8, 4) is 0 Å². The van der Waals surface area contributed by atoms with E-state index in [-0.39, 0.29) is 5.41 Å². The minimum atomic E-state index is 0.138. The number of nitrogens with zero attached hydrogens (tertiary/aromatic N) is 1. The summed E-state index contributed by atoms with van der Waals surface area (Å²) in [5.74, 6) is 0. The molecule has 0 amide bonds. The topological polar surface area (TPSA) is 21.6 Å². The summed E-state index contributed by atoms with van der Waals surface area (Å²) in [6.07, 6.45) is 7.24. The molecule has 2 heteroatoms. The van der Waals surface area contributed by atoms with Gasteiger partial charge in [0, 0.05) is 11.6 Å². The van der Waals surface area contributed by atoms with E-state index in [0.717, 1.165) is 0 Å². The SMILES string of the molecule is CC(C)(C)/C=N/OC1CCCC1. The van der Waals surface area contributed by atoms with Gasteiger partial charge in [-0.3, -0.25) is 0 Å². The molecule has 1 fully saturated rings. The monoisotopic (exact) mass is 169 g/mol. The second-order valence-corrected chi connectivity index (χ2v) is 4.61. The van der Waals surface area contributed by atoms with Crippen LogP contribution >= 0.6 is 0 Å². The summed E-state index contributed by atoms with van der Waals surface area (Å²) in [5.41, 5.74) is 0.138. The lowest BCUT2D eigenvalue weighted by atomic mass is 10.00. The number of oxime groups is 1. The highest BCUT2D eigenvalue weighted by atomic mass is 16.6. The third-order valence-electron chi connectivity index (χ3n) is 1.95. The molecule has 2 nitrogen and oxygen atoms in total. The van der Waals surface area contributed by atoms with Crippen LogP contribution in [0.4, 0.5) is 0 Å². The minimum Gasteiger partial charge on any atom is -0.393 e. The molecular weight excluding hydrogens is 150 g/mol. The van der Waals surface area contributed by atoms with Crippen molar-refractivity contribution >= 4 is 6.21 Å². The first-order valence-corrected chi connectivity index (χ1v) is 4.78. The Morgan fingerprint density at radius 1 is 1.25 bits per heavy atom. The maximum atomic E-state index is 5.35. The Bertz CT molecular complexity index is 152. The van der Waals surface area contributed by atoms with Crippen LogP contribution in [0, 0.1) is 5.41 Å². The number of rotatable bonds is 2. The molecule has 0 aromatic rings. The van der Waals surface area contributed by atoms with Gasteiger partial charge >= 0.3 is 0 Å². The Hall–Kier alpha value is -0.530. The van der Waals surface area contributed by atoms with Crippen molar-refractivity contribution < 1.29 is 4.84 Å². The van der Waals surface area contributed by atoms with Gasteiger partial charge in [0.2, 0.25) is 0 Å². The summed E-state index contributed by atoms with van der Waals surface area (Å²) >= 11 is 0. The van der Waals surface area contributed by atoms with Gasteiger partial charge in [-0.2, -0.15) is 0 Å². The zero-order valence-corrected chi connectivity index (χ0v) is 8.34. The van der Waals surface area contributed by atoms with E-state index >= 15 is 0 Å². The summed E-state index contributed by atoms with van der Waals surface area (Å²) in [7, 11) is 0. The summed E-state index contributed by atoms with van der Waals surface area (Å²) < 4.78 is 0. The van der Waals surface area contributed by atoms with Gasteiger partial charge in [0.05, 0.1) is 0 Å². The van der Waals surface area contributed by atoms with Gasteiger partial charge < -0.3 is 4.84 Å². The first-order valence-electron chi connectivity index (χ1n) is 4.78. The molecule has 0 spiro atoms. The van der Waals surface area contributed by atoms with Crippen LogP contribution in [-0.2, 0) is 4.84 Å². The molecule has 1 aliphatic rings. The van der Waals surface area contributed by atoms with Crippen molar-refractivity contribution in [1.29, 1.82) is 0 Å². The Morgan fingerprint density at radius 2 is 1.83 bits per heavy atom. The van der Waals surface area contributed by atoms with Crippen molar-refractivity contribution in [3.05, 3.63) is 0 Å². The average Bonchev–Trinajstić information content (AvgIpc) is 2.36. The second-order valence-electron chi connectivity index (χ2n) is 4.61. The van der Waals surface area contributed by atoms with Crippen molar-refractivity contribution in [2.45, 2.75) is 52.6 Å². The van der Waals surface area contributed by atoms with Gasteiger partial charge in [0.15, 0.2) is 0 Å². The van der Waals surface area contributed by atoms with E-state index in [2.05, 4.69) is 25.9 Å². The lowest BCUT2D eigenvalue weighted by Gasteiger charge is -2.11. The lowest BCUT2D eigenvalue weighted by molar-refractivity contribution is 0.0640. The standard InChI is InChI=1S/C10H19NO/c1-10(2,3)8-11-12-9-6-4-5-7-9/h8-9H,4-7H2,1-3H3/b11-8+. The average molecular weight is 169 g/mol. The lowest BCUT2D eigenvalue weighted by Crippen LogP contribution is -2.09. The van der Waals surface area contributed by atoms with Gasteiger partial charge in [-0.25, -0.2) is 0 Å². The fourth-order valence-corrected chi connectivity index (χ4v) is 1.27. The molecule has 0 aliphatic heterocycles. The largest absolute Gasteiger partial charge is 0.393 e. The Balaban J connectivity index is 2.20. The highest BCUT2D eigenvalue weighted by Crippen LogP contribution is 2.21. The van der Waals surface area contributed by atoms with Crippen LogP contribution in [0.3, 0.4) is 0 Å². The molecule has 0 atom stereocenters. The third-order valence-corrected chi connectivity index (χ3v) is 1.95. The Morgan fingerprint density at radius 3 is 2.33 bits per heavy atom. The normalized spacial score (nSPS) is 20.6. The predicted octanol–water partition coefficient (Wildman–Crippen LogP) is 2.98. The number of hydrogen-bond donors (Lipinski definition) is 0. The van der Waals surface area contributed by atoms with Crippen LogP contribution < -0.4 is 0 Å². The molecule has 0 saturated heterocycles. The molecule has 0 aromatic heterocycles. The molecule has 12 heavy (non-hydrogen) atoms. The summed E-state index contributed by atoms with van der Waals surface area (Å²) in [6, 6.07) is 0. The Labute approximate surface area is 75.0 Å². The summed E-state index contributed by atoms with van der Waals surface area (Å²) in [5, 5.41) is 4.00. The molecule has 0 unspecified atom stereocenters. The van der Waals surface area contributed by atoms with Crippen molar-refractivity contribution in [3.63, 3.8) is 0 Å². The molecular formula is C10H19NO. The van der Waals surface area contributed by atoms with Crippen LogP contribution in [0.2, 0.25) is 0 Å². The molecule has 0 N–H and O–H groups in total. The van der Waals surface area contributed by atoms with Crippen LogP contribution in [0.1, 0.15) is 46.5 Å². The predicted molar refractivity (Wildman–Crippen MR) is 51.3 cm³/mol. The molecule has 0 radical (unpaired) electrons. The zero-order chi connectivity index (χ0) is 9.03. The fourth-order valence-electron chi connectivity index (χ4n) is 1.27. The molecule has 0 heterocycles. The molecule has 1 aliphatic carbocycles. The molecule has 1 rings (SSSR count). The van der Waals surface area contributed by atoms with Gasteiger partial charge in [0.1, 0.15) is 6.10 Å². The highest BCUT2D eigenvalue weighted by molar-refractivity contribution is 5.63. The van der Waals surface area contributed by atoms with E-state index in [1.165, 1.54) is 25.7 Å². The highest BCUT2D eigenvalue weighted by Gasteiger charge is 2.16. The van der Waals surface area contributed by atoms with Crippen molar-refractivity contribution in [2.75, 3.05) is 0 Å². The van der Waals surface area contributed by atoms with E-state index < -0.39 is 0 Å². The van der Waals surface area contributed by atoms with Gasteiger partial charge in [-0.1, -0.05) is 25.9 Å². The minimum absolute atomic E-state index is 0.138. The van der Waals surface area contributed by atoms with Gasteiger partial charge in [-0.15, -0.1) is 0 Å². The Kier molecular flexibility index (Phi) is 3.12. The van der Waals surface area contributed by atoms with Crippen molar-refractivity contribution in [2.24, 2.45) is 10.6 Å². The van der Waals surface area contributed by atoms with Crippen LogP contribution in [-0.4, -0.2) is 12.3 Å². The summed E-state index contributed by atoms with van der Waals surface area (Å²) in [4.78, 5) is 5.35. The second kappa shape index (κ2) is 3.92. The van der Waals surface area contributed by atoms with E-state index in [1.807, 2.05) is 6.21 Å². The zero-order valence-electron chi connectivity index (χ0n) is 8.34. The van der Waals surface area contributed by atoms with Gasteiger partial charge in [0.25, 0.3) is 0 Å². The maximum absolute atomic E-state index is 5.35. The molecule has 0 aromatic carbocycles. The smallest absolute Gasteiger partial charge is 0.127 e.